The minimum Gasteiger partial charge on any atom is -0.319 e. The summed E-state index contributed by atoms with van der Waals surface area (Å²) in [5.41, 5.74) is 0.618. The van der Waals surface area contributed by atoms with Crippen molar-refractivity contribution in [3.8, 4) is 0 Å². The van der Waals surface area contributed by atoms with Gasteiger partial charge >= 0.3 is 12.3 Å². The first kappa shape index (κ1) is 14.8. The predicted molar refractivity (Wildman–Crippen MR) is 64.4 cm³/mol. The van der Waals surface area contributed by atoms with Gasteiger partial charge in [-0.15, -0.1) is 0 Å². The Hall–Kier alpha value is -1.63. The zero-order chi connectivity index (χ0) is 14.9. The molecule has 0 bridgehead atoms. The Balaban J connectivity index is 2.16. The average molecular weight is 290 g/mol. The van der Waals surface area contributed by atoms with Gasteiger partial charge in [0, 0.05) is 0 Å². The molecule has 1 saturated heterocycles. The molecule has 1 aliphatic heterocycles. The highest BCUT2D eigenvalue weighted by atomic mass is 19.3. The summed E-state index contributed by atoms with van der Waals surface area (Å²) >= 11 is 0. The molecule has 0 radical (unpaired) electrons. The summed E-state index contributed by atoms with van der Waals surface area (Å²) < 4.78 is 50.7. The number of alkyl halides is 4. The molecule has 20 heavy (non-hydrogen) atoms. The Morgan fingerprint density at radius 2 is 1.90 bits per heavy atom. The highest BCUT2D eigenvalue weighted by Gasteiger charge is 2.48. The van der Waals surface area contributed by atoms with Gasteiger partial charge in [0.15, 0.2) is 0 Å². The van der Waals surface area contributed by atoms with Gasteiger partial charge in [0.1, 0.15) is 6.04 Å². The van der Waals surface area contributed by atoms with Crippen molar-refractivity contribution in [2.45, 2.75) is 31.5 Å². The zero-order valence-corrected chi connectivity index (χ0v) is 10.7. The van der Waals surface area contributed by atoms with Crippen molar-refractivity contribution >= 4 is 5.91 Å². The van der Waals surface area contributed by atoms with Crippen LogP contribution in [0.15, 0.2) is 30.3 Å². The largest absolute Gasteiger partial charge is 0.324 e. The van der Waals surface area contributed by atoms with Gasteiger partial charge in [-0.2, -0.15) is 8.78 Å². The van der Waals surface area contributed by atoms with E-state index in [-0.39, 0.29) is 0 Å². The number of nitrogens with one attached hydrogen (secondary N) is 1. The smallest absolute Gasteiger partial charge is 0.319 e. The number of hydrogen-bond acceptors (Lipinski definition) is 2. The minimum absolute atomic E-state index is 0.618. The molecule has 3 nitrogen and oxygen atoms in total. The molecular formula is C13H14F4N2O. The van der Waals surface area contributed by atoms with Crippen molar-refractivity contribution in [1.82, 2.24) is 10.2 Å². The highest BCUT2D eigenvalue weighted by Crippen LogP contribution is 2.30. The lowest BCUT2D eigenvalue weighted by atomic mass is 10.1. The maximum atomic E-state index is 13.1. The topological polar surface area (TPSA) is 32.3 Å². The third-order valence-corrected chi connectivity index (χ3v) is 3.24. The Kier molecular flexibility index (Phi) is 3.99. The summed E-state index contributed by atoms with van der Waals surface area (Å²) in [5, 5.41) is 2.83. The van der Waals surface area contributed by atoms with Gasteiger partial charge in [-0.3, -0.25) is 10.1 Å². The van der Waals surface area contributed by atoms with Gasteiger partial charge in [0.25, 0.3) is 0 Å². The van der Waals surface area contributed by atoms with E-state index >= 15 is 0 Å². The SMILES string of the molecule is CC1NC(c2ccccc2)C(=O)N1CC(F)(F)C(F)F. The summed E-state index contributed by atoms with van der Waals surface area (Å²) in [7, 11) is 0. The normalized spacial score (nSPS) is 23.7. The van der Waals surface area contributed by atoms with Crippen LogP contribution < -0.4 is 5.32 Å². The van der Waals surface area contributed by atoms with Gasteiger partial charge in [-0.25, -0.2) is 8.78 Å². The van der Waals surface area contributed by atoms with Crippen molar-refractivity contribution in [3.63, 3.8) is 0 Å². The van der Waals surface area contributed by atoms with Gasteiger partial charge in [0.05, 0.1) is 12.7 Å². The quantitative estimate of drug-likeness (QED) is 0.864. The van der Waals surface area contributed by atoms with Crippen molar-refractivity contribution in [2.75, 3.05) is 6.54 Å². The fourth-order valence-corrected chi connectivity index (χ4v) is 2.15. The van der Waals surface area contributed by atoms with Crippen LogP contribution in [-0.4, -0.2) is 35.9 Å². The first-order chi connectivity index (χ1) is 9.33. The number of hydrogen-bond donors (Lipinski definition) is 1. The highest BCUT2D eigenvalue weighted by molar-refractivity contribution is 5.85. The van der Waals surface area contributed by atoms with Crippen molar-refractivity contribution in [3.05, 3.63) is 35.9 Å². The minimum atomic E-state index is -4.21. The number of nitrogens with zero attached hydrogens (tertiary/aromatic N) is 1. The molecule has 1 amide bonds. The fraction of sp³-hybridized carbons (Fsp3) is 0.462. The number of rotatable bonds is 4. The number of carbonyl (C=O) groups excluding carboxylic acids is 1. The lowest BCUT2D eigenvalue weighted by Gasteiger charge is -2.25. The van der Waals surface area contributed by atoms with E-state index in [0.717, 1.165) is 4.90 Å². The lowest BCUT2D eigenvalue weighted by molar-refractivity contribution is -0.156. The molecule has 1 aromatic carbocycles. The van der Waals surface area contributed by atoms with E-state index in [2.05, 4.69) is 5.32 Å². The second-order valence-corrected chi connectivity index (χ2v) is 4.71. The second-order valence-electron chi connectivity index (χ2n) is 4.71. The first-order valence-corrected chi connectivity index (χ1v) is 6.10. The third kappa shape index (κ3) is 2.77. The first-order valence-electron chi connectivity index (χ1n) is 6.10. The van der Waals surface area contributed by atoms with Gasteiger partial charge in [-0.1, -0.05) is 30.3 Å². The van der Waals surface area contributed by atoms with Crippen LogP contribution in [0.5, 0.6) is 0 Å². The number of benzene rings is 1. The molecule has 1 aliphatic rings. The number of carbonyl (C=O) groups is 1. The molecule has 1 fully saturated rings. The number of halogens is 4. The second kappa shape index (κ2) is 5.40. The summed E-state index contributed by atoms with van der Waals surface area (Å²) in [6, 6.07) is 7.76. The fourth-order valence-electron chi connectivity index (χ4n) is 2.15. The van der Waals surface area contributed by atoms with Gasteiger partial charge in [0.2, 0.25) is 5.91 Å². The zero-order valence-electron chi connectivity index (χ0n) is 10.7. The predicted octanol–water partition coefficient (Wildman–Crippen LogP) is 2.41. The van der Waals surface area contributed by atoms with E-state index < -0.39 is 37.0 Å². The molecule has 1 N–H and O–H groups in total. The maximum Gasteiger partial charge on any atom is 0.324 e. The Morgan fingerprint density at radius 1 is 1.30 bits per heavy atom. The molecule has 2 atom stereocenters. The molecule has 0 saturated carbocycles. The monoisotopic (exact) mass is 290 g/mol. The average Bonchev–Trinajstić information content (AvgIpc) is 2.67. The maximum absolute atomic E-state index is 13.1. The summed E-state index contributed by atoms with van der Waals surface area (Å²) in [5.74, 6) is -4.83. The van der Waals surface area contributed by atoms with E-state index in [4.69, 9.17) is 0 Å². The van der Waals surface area contributed by atoms with E-state index in [1.807, 2.05) is 0 Å². The third-order valence-electron chi connectivity index (χ3n) is 3.24. The number of amides is 1. The summed E-state index contributed by atoms with van der Waals surface area (Å²) in [6.07, 6.45) is -4.52. The molecular weight excluding hydrogens is 276 g/mol. The van der Waals surface area contributed by atoms with Crippen LogP contribution in [0.3, 0.4) is 0 Å². The van der Waals surface area contributed by atoms with Crippen LogP contribution in [0.4, 0.5) is 17.6 Å². The summed E-state index contributed by atoms with van der Waals surface area (Å²) in [6.45, 7) is 0.198. The van der Waals surface area contributed by atoms with Crippen LogP contribution in [0, 0.1) is 0 Å². The molecule has 1 heterocycles. The van der Waals surface area contributed by atoms with E-state index in [9.17, 15) is 22.4 Å². The van der Waals surface area contributed by atoms with Crippen LogP contribution in [-0.2, 0) is 4.79 Å². The molecule has 0 spiro atoms. The molecule has 2 unspecified atom stereocenters. The Morgan fingerprint density at radius 3 is 2.45 bits per heavy atom. The molecule has 0 aliphatic carbocycles. The molecule has 0 aromatic heterocycles. The standard InChI is InChI=1S/C13H14F4N2O/c1-8-18-10(9-5-3-2-4-6-9)11(20)19(8)7-13(16,17)12(14)15/h2-6,8,10,12,18H,7H2,1H3. The van der Waals surface area contributed by atoms with Crippen LogP contribution in [0.2, 0.25) is 0 Å². The van der Waals surface area contributed by atoms with Crippen LogP contribution >= 0.6 is 0 Å². The Bertz CT molecular complexity index is 481. The lowest BCUT2D eigenvalue weighted by Crippen LogP contribution is -2.46. The van der Waals surface area contributed by atoms with E-state index in [1.165, 1.54) is 6.92 Å². The molecule has 1 aromatic rings. The van der Waals surface area contributed by atoms with Crippen molar-refractivity contribution in [2.24, 2.45) is 0 Å². The molecule has 2 rings (SSSR count). The van der Waals surface area contributed by atoms with Gasteiger partial charge < -0.3 is 4.90 Å². The van der Waals surface area contributed by atoms with E-state index in [0.29, 0.717) is 5.56 Å². The molecule has 7 heteroatoms. The van der Waals surface area contributed by atoms with Crippen LogP contribution in [0.1, 0.15) is 18.5 Å². The van der Waals surface area contributed by atoms with Gasteiger partial charge in [-0.05, 0) is 12.5 Å². The Labute approximate surface area is 113 Å². The van der Waals surface area contributed by atoms with E-state index in [1.54, 1.807) is 30.3 Å². The van der Waals surface area contributed by atoms with Crippen molar-refractivity contribution < 1.29 is 22.4 Å². The van der Waals surface area contributed by atoms with Crippen LogP contribution in [0.25, 0.3) is 0 Å². The summed E-state index contributed by atoms with van der Waals surface area (Å²) in [4.78, 5) is 12.9. The van der Waals surface area contributed by atoms with Crippen molar-refractivity contribution in [1.29, 1.82) is 0 Å². The molecule has 110 valence electrons.